The van der Waals surface area contributed by atoms with E-state index in [0.29, 0.717) is 38.2 Å². The molecule has 182 valence electrons. The number of hydrogen-bond donors (Lipinski definition) is 0. The van der Waals surface area contributed by atoms with Crippen LogP contribution >= 0.6 is 0 Å². The number of aryl methyl sites for hydroxylation is 4. The van der Waals surface area contributed by atoms with Crippen LogP contribution in [0.15, 0.2) is 54.6 Å². The molecule has 35 heavy (non-hydrogen) atoms. The van der Waals surface area contributed by atoms with E-state index in [-0.39, 0.29) is 11.7 Å². The molecule has 0 radical (unpaired) electrons. The number of ether oxygens (including phenoxy) is 1. The Labute approximate surface area is 205 Å². The molecule has 0 aliphatic carbocycles. The number of aromatic nitrogens is 3. The van der Waals surface area contributed by atoms with Crippen LogP contribution < -0.4 is 0 Å². The normalized spacial score (nSPS) is 11.2. The highest BCUT2D eigenvalue weighted by molar-refractivity contribution is 5.84. The predicted octanol–water partition coefficient (Wildman–Crippen LogP) is 5.23. The third-order valence-corrected chi connectivity index (χ3v) is 6.10. The summed E-state index contributed by atoms with van der Waals surface area (Å²) in [5, 5.41) is 5.30. The second-order valence-corrected chi connectivity index (χ2v) is 8.91. The highest BCUT2D eigenvalue weighted by Crippen LogP contribution is 2.28. The molecule has 0 unspecified atom stereocenters. The van der Waals surface area contributed by atoms with E-state index in [1.807, 2.05) is 61.9 Å². The summed E-state index contributed by atoms with van der Waals surface area (Å²) < 4.78 is 21.1. The SMILES string of the molecule is COCCN(Cc1cc2ccc(F)cc2nc1-c1ccc(C)cc1)C(=O)CCn1nc(C)cc1C. The lowest BCUT2D eigenvalue weighted by Gasteiger charge is -2.24. The van der Waals surface area contributed by atoms with Crippen LogP contribution in [0.5, 0.6) is 0 Å². The number of halogens is 1. The second-order valence-electron chi connectivity index (χ2n) is 8.91. The van der Waals surface area contributed by atoms with Gasteiger partial charge >= 0.3 is 0 Å². The van der Waals surface area contributed by atoms with Gasteiger partial charge in [-0.05, 0) is 50.6 Å². The quantitative estimate of drug-likeness (QED) is 0.333. The van der Waals surface area contributed by atoms with Crippen LogP contribution in [-0.4, -0.2) is 45.8 Å². The average molecular weight is 475 g/mol. The van der Waals surface area contributed by atoms with Gasteiger partial charge < -0.3 is 9.64 Å². The van der Waals surface area contributed by atoms with Crippen molar-refractivity contribution in [1.82, 2.24) is 19.7 Å². The summed E-state index contributed by atoms with van der Waals surface area (Å²) in [6.45, 7) is 7.75. The summed E-state index contributed by atoms with van der Waals surface area (Å²) in [5.74, 6) is -0.308. The molecule has 0 bridgehead atoms. The van der Waals surface area contributed by atoms with Crippen molar-refractivity contribution in [2.75, 3.05) is 20.3 Å². The number of methoxy groups -OCH3 is 1. The zero-order valence-electron chi connectivity index (χ0n) is 20.7. The first-order valence-corrected chi connectivity index (χ1v) is 11.8. The maximum absolute atomic E-state index is 13.9. The first kappa shape index (κ1) is 24.5. The van der Waals surface area contributed by atoms with Gasteiger partial charge in [-0.3, -0.25) is 9.48 Å². The van der Waals surface area contributed by atoms with Crippen molar-refractivity contribution < 1.29 is 13.9 Å². The Morgan fingerprint density at radius 1 is 1.06 bits per heavy atom. The maximum atomic E-state index is 13.9. The molecule has 0 saturated heterocycles. The lowest BCUT2D eigenvalue weighted by Crippen LogP contribution is -2.34. The minimum absolute atomic E-state index is 0.0173. The van der Waals surface area contributed by atoms with E-state index >= 15 is 0 Å². The van der Waals surface area contributed by atoms with E-state index < -0.39 is 0 Å². The molecule has 4 aromatic rings. The Kier molecular flexibility index (Phi) is 7.56. The Bertz CT molecular complexity index is 1330. The number of benzene rings is 2. The molecule has 0 aliphatic heterocycles. The van der Waals surface area contributed by atoms with E-state index in [1.165, 1.54) is 12.1 Å². The van der Waals surface area contributed by atoms with Crippen LogP contribution in [0.2, 0.25) is 0 Å². The van der Waals surface area contributed by atoms with Gasteiger partial charge in [-0.1, -0.05) is 29.8 Å². The van der Waals surface area contributed by atoms with Gasteiger partial charge in [0.2, 0.25) is 5.91 Å². The van der Waals surface area contributed by atoms with Crippen molar-refractivity contribution in [3.8, 4) is 11.3 Å². The Balaban J connectivity index is 1.66. The van der Waals surface area contributed by atoms with Gasteiger partial charge in [-0.25, -0.2) is 9.37 Å². The molecule has 0 fully saturated rings. The first-order valence-electron chi connectivity index (χ1n) is 11.8. The number of carbonyl (C=O) groups excluding carboxylic acids is 1. The fourth-order valence-electron chi connectivity index (χ4n) is 4.23. The van der Waals surface area contributed by atoms with Crippen LogP contribution in [-0.2, 0) is 22.6 Å². The summed E-state index contributed by atoms with van der Waals surface area (Å²) in [7, 11) is 1.63. The van der Waals surface area contributed by atoms with Crippen molar-refractivity contribution >= 4 is 16.8 Å². The first-order chi connectivity index (χ1) is 16.8. The molecule has 2 aromatic heterocycles. The molecule has 0 saturated carbocycles. The van der Waals surface area contributed by atoms with Gasteiger partial charge in [0, 0.05) is 55.9 Å². The summed E-state index contributed by atoms with van der Waals surface area (Å²) >= 11 is 0. The zero-order chi connectivity index (χ0) is 24.9. The zero-order valence-corrected chi connectivity index (χ0v) is 20.7. The van der Waals surface area contributed by atoms with Crippen LogP contribution in [0, 0.1) is 26.6 Å². The Morgan fingerprint density at radius 3 is 2.51 bits per heavy atom. The van der Waals surface area contributed by atoms with Gasteiger partial charge in [-0.15, -0.1) is 0 Å². The minimum Gasteiger partial charge on any atom is -0.383 e. The summed E-state index contributed by atoms with van der Waals surface area (Å²) in [5.41, 5.74) is 6.28. The summed E-state index contributed by atoms with van der Waals surface area (Å²) in [6, 6.07) is 16.7. The molecule has 0 N–H and O–H groups in total. The van der Waals surface area contributed by atoms with Gasteiger partial charge in [-0.2, -0.15) is 5.10 Å². The molecule has 1 amide bonds. The average Bonchev–Trinajstić information content (AvgIpc) is 3.17. The number of amides is 1. The molecule has 0 spiro atoms. The summed E-state index contributed by atoms with van der Waals surface area (Å²) in [6.07, 6.45) is 0.331. The van der Waals surface area contributed by atoms with Crippen molar-refractivity contribution in [3.63, 3.8) is 0 Å². The van der Waals surface area contributed by atoms with Crippen LogP contribution in [0.4, 0.5) is 4.39 Å². The van der Waals surface area contributed by atoms with E-state index in [0.717, 1.165) is 39.2 Å². The largest absolute Gasteiger partial charge is 0.383 e. The molecule has 4 rings (SSSR count). The lowest BCUT2D eigenvalue weighted by molar-refractivity contribution is -0.132. The Hall–Kier alpha value is -3.58. The highest BCUT2D eigenvalue weighted by Gasteiger charge is 2.19. The van der Waals surface area contributed by atoms with Gasteiger partial charge in [0.05, 0.1) is 23.5 Å². The Morgan fingerprint density at radius 2 is 1.83 bits per heavy atom. The predicted molar refractivity (Wildman–Crippen MR) is 135 cm³/mol. The fourth-order valence-corrected chi connectivity index (χ4v) is 4.23. The molecular formula is C28H31FN4O2. The topological polar surface area (TPSA) is 60.2 Å². The van der Waals surface area contributed by atoms with Crippen molar-refractivity contribution in [2.24, 2.45) is 0 Å². The number of hydrogen-bond acceptors (Lipinski definition) is 4. The molecule has 2 heterocycles. The van der Waals surface area contributed by atoms with Crippen LogP contribution in [0.25, 0.3) is 22.2 Å². The molecule has 7 heteroatoms. The molecular weight excluding hydrogens is 443 g/mol. The molecule has 0 aliphatic rings. The number of rotatable bonds is 9. The van der Waals surface area contributed by atoms with Gasteiger partial charge in [0.1, 0.15) is 5.82 Å². The van der Waals surface area contributed by atoms with Crippen LogP contribution in [0.3, 0.4) is 0 Å². The lowest BCUT2D eigenvalue weighted by atomic mass is 10.0. The second kappa shape index (κ2) is 10.8. The third-order valence-electron chi connectivity index (χ3n) is 6.10. The van der Waals surface area contributed by atoms with E-state index in [9.17, 15) is 9.18 Å². The minimum atomic E-state index is -0.325. The van der Waals surface area contributed by atoms with Crippen molar-refractivity contribution in [2.45, 2.75) is 40.3 Å². The smallest absolute Gasteiger partial charge is 0.224 e. The monoisotopic (exact) mass is 474 g/mol. The maximum Gasteiger partial charge on any atom is 0.224 e. The van der Waals surface area contributed by atoms with Crippen molar-refractivity contribution in [1.29, 1.82) is 0 Å². The summed E-state index contributed by atoms with van der Waals surface area (Å²) in [4.78, 5) is 19.9. The van der Waals surface area contributed by atoms with E-state index in [1.54, 1.807) is 18.1 Å². The van der Waals surface area contributed by atoms with E-state index in [2.05, 4.69) is 5.10 Å². The number of nitrogens with zero attached hydrogens (tertiary/aromatic N) is 4. The molecule has 6 nitrogen and oxygen atoms in total. The van der Waals surface area contributed by atoms with Gasteiger partial charge in [0.25, 0.3) is 0 Å². The van der Waals surface area contributed by atoms with E-state index in [4.69, 9.17) is 9.72 Å². The van der Waals surface area contributed by atoms with Gasteiger partial charge in [0.15, 0.2) is 0 Å². The standard InChI is InChI=1S/C28H31FN4O2/c1-19-5-7-22(8-6-19)28-24(16-23-9-10-25(29)17-26(23)30-28)18-32(13-14-35-4)27(34)11-12-33-21(3)15-20(2)31-33/h5-10,15-17H,11-14,18H2,1-4H3. The number of fused-ring (bicyclic) bond motifs is 1. The highest BCUT2D eigenvalue weighted by atomic mass is 19.1. The fraction of sp³-hybridized carbons (Fsp3) is 0.321. The molecule has 2 aromatic carbocycles. The number of pyridine rings is 1. The van der Waals surface area contributed by atoms with Crippen LogP contribution in [0.1, 0.15) is 28.9 Å². The molecule has 0 atom stereocenters. The van der Waals surface area contributed by atoms with Crippen molar-refractivity contribution in [3.05, 3.63) is 82.9 Å². The number of carbonyl (C=O) groups is 1. The third kappa shape index (κ3) is 5.92.